The molecule has 14 rings (SSSR count). The van der Waals surface area contributed by atoms with Crippen LogP contribution >= 0.6 is 11.8 Å². The van der Waals surface area contributed by atoms with E-state index in [1.165, 1.54) is 16.7 Å². The van der Waals surface area contributed by atoms with Gasteiger partial charge in [0.05, 0.1) is 98.9 Å². The Bertz CT molecular complexity index is 4440. The summed E-state index contributed by atoms with van der Waals surface area (Å²) in [5, 5.41) is 61.2. The van der Waals surface area contributed by atoms with Crippen molar-refractivity contribution in [3.05, 3.63) is 237 Å². The molecule has 7 aromatic rings. The highest BCUT2D eigenvalue weighted by molar-refractivity contribution is 7.99. The Morgan fingerprint density at radius 2 is 0.522 bits per heavy atom. The Hall–Kier alpha value is -10.2. The molecule has 37 nitrogen and oxygen atoms in total. The quantitative estimate of drug-likeness (QED) is 0.0108. The summed E-state index contributed by atoms with van der Waals surface area (Å²) < 4.78 is 80.2. The monoisotopic (exact) mass is 1920 g/mol. The lowest BCUT2D eigenvalue weighted by Crippen LogP contribution is -2.32. The van der Waals surface area contributed by atoms with Crippen LogP contribution in [0.5, 0.6) is 5.75 Å². The number of carboxylic acids is 7. The molecule has 0 bridgehead atoms. The van der Waals surface area contributed by atoms with Crippen LogP contribution in [0.2, 0.25) is 0 Å². The van der Waals surface area contributed by atoms with E-state index in [1.807, 2.05) is 121 Å². The van der Waals surface area contributed by atoms with Crippen molar-refractivity contribution in [3.8, 4) is 5.75 Å². The normalized spacial score (nSPS) is 17.3. The first-order valence-corrected chi connectivity index (χ1v) is 46.3. The van der Waals surface area contributed by atoms with E-state index in [1.54, 1.807) is 60.3 Å². The van der Waals surface area contributed by atoms with Crippen molar-refractivity contribution >= 4 is 59.3 Å². The number of aryl methyl sites for hydroxylation is 3. The number of hydrogen-bond donors (Lipinski definition) is 14. The maximum atomic E-state index is 12.0. The summed E-state index contributed by atoms with van der Waals surface area (Å²) >= 11 is 1.65. The number of unbranched alkanes of at least 4 members (excludes halogenated alkanes) is 1. The molecule has 7 unspecified atom stereocenters. The number of ketones is 1. The maximum absolute atomic E-state index is 12.0. The van der Waals surface area contributed by atoms with Gasteiger partial charge in [0.25, 0.3) is 0 Å². The summed E-state index contributed by atoms with van der Waals surface area (Å²) in [6, 6.07) is 47.1. The molecule has 0 aliphatic carbocycles. The topological polar surface area (TPSA) is 599 Å². The summed E-state index contributed by atoms with van der Waals surface area (Å²) in [4.78, 5) is 87.7. The fraction of sp³-hybridized carbons (Fsp3) is 0.490. The Kier molecular flexibility index (Phi) is 50.6. The zero-order valence-electron chi connectivity index (χ0n) is 76.3. The fourth-order valence-corrected chi connectivity index (χ4v) is 14.8. The molecule has 0 radical (unpaired) electrons. The third-order valence-corrected chi connectivity index (χ3v) is 22.8. The highest BCUT2D eigenvalue weighted by Crippen LogP contribution is 2.25. The van der Waals surface area contributed by atoms with Crippen molar-refractivity contribution in [1.29, 1.82) is 0 Å². The molecule has 7 atom stereocenters. The zero-order chi connectivity index (χ0) is 97.9. The van der Waals surface area contributed by atoms with Gasteiger partial charge in [-0.3, -0.25) is 38.4 Å². The van der Waals surface area contributed by atoms with Crippen LogP contribution in [0.25, 0.3) is 0 Å². The number of rotatable bonds is 44. The van der Waals surface area contributed by atoms with E-state index < -0.39 is 90.4 Å². The van der Waals surface area contributed by atoms with Gasteiger partial charge in [-0.05, 0) is 182 Å². The summed E-state index contributed by atoms with van der Waals surface area (Å²) in [7, 11) is 0. The van der Waals surface area contributed by atoms with Crippen LogP contribution in [0.15, 0.2) is 175 Å². The third-order valence-electron chi connectivity index (χ3n) is 21.7. The summed E-state index contributed by atoms with van der Waals surface area (Å²) in [5.74, 6) is -5.52. The molecule has 7 saturated heterocycles. The van der Waals surface area contributed by atoms with Crippen LogP contribution in [0.4, 0.5) is 0 Å². The van der Waals surface area contributed by atoms with Gasteiger partial charge in [-0.2, -0.15) is 0 Å². The van der Waals surface area contributed by atoms with Crippen molar-refractivity contribution in [2.24, 2.45) is 40.1 Å². The SMILES string of the molecule is NC(Cc1ccc(C(=O)CC2OCCO2)cc1)C(=O)O.NC(Cc1ccc(CC2OCCO2)cc1)C(=O)O.NC(Cc1ccc(CCC2OCCO2)cc1)C(=O)O.NC(Cc1ccc(CCCC2OCCO2)cc1)C(=O)O.NC(Cc1ccc(CCCCC2OCCO2)cc1)C(=O)O.NC(Cc1ccc(OCC2OCCO2)cc1)C(=O)O.NC(Cc1ccc(SCC2OCCO2)cc1)C(=O)O. The predicted octanol–water partition coefficient (Wildman–Crippen LogP) is 6.65. The summed E-state index contributed by atoms with van der Waals surface area (Å²) in [6.45, 7) is 9.37. The lowest BCUT2D eigenvalue weighted by atomic mass is 10.0. The molecule has 0 amide bonds. The van der Waals surface area contributed by atoms with Crippen molar-refractivity contribution < 1.29 is 145 Å². The molecule has 21 N–H and O–H groups in total. The third kappa shape index (κ3) is 44.5. The number of benzene rings is 7. The van der Waals surface area contributed by atoms with Crippen LogP contribution in [0.3, 0.4) is 0 Å². The van der Waals surface area contributed by atoms with E-state index in [0.717, 1.165) is 113 Å². The van der Waals surface area contributed by atoms with Crippen molar-refractivity contribution in [2.75, 3.05) is 105 Å². The van der Waals surface area contributed by atoms with E-state index >= 15 is 0 Å². The highest BCUT2D eigenvalue weighted by Gasteiger charge is 2.26. The standard InChI is InChI=1S/C16H23NO4.C15H21NO4.C14H17NO5.C14H19NO4.C13H17NO5.C13H17NO4S.C13H17NO4/c17-14(16(18)19)11-13-7-5-12(6-8-13)3-1-2-4-15-20-9-10-21-15;16-13(15(17)18)10-12-6-4-11(5-7-12)2-1-3-14-19-8-9-20-14;15-11(14(17)18)7-9-1-3-10(4-2-9)12(16)8-13-19-5-6-20-13;15-12(14(16)17)9-11-3-1-10(2-4-11)5-6-13-18-7-8-19-13;2*14-11(13(15)16)7-9-1-3-10(4-2-9)19-8-12-17-5-6-18-12;14-11(13(15)16)7-9-1-3-10(4-2-9)8-12-17-5-6-18-12/h5-8,14-15H,1-4,9-11,17H2,(H,18,19);4-7,13-14H,1-3,8-10,16H2,(H,17,18);1-4,11,13H,5-8,15H2,(H,17,18);1-4,12-13H,5-9,15H2,(H,16,17);2*1-4,11-12H,5-8,14H2,(H,15,16);1-4,11-12H,5-8,14H2,(H,15,16). The Morgan fingerprint density at radius 3 is 0.860 bits per heavy atom. The average Bonchev–Trinajstić information content (AvgIpc) is 1.49. The molecule has 7 fully saturated rings. The zero-order valence-corrected chi connectivity index (χ0v) is 77.1. The second-order valence-corrected chi connectivity index (χ2v) is 33.7. The minimum Gasteiger partial charge on any atom is -0.488 e. The number of thioether (sulfide) groups is 1. The second kappa shape index (κ2) is 61.9. The minimum absolute atomic E-state index is 0.00937. The molecule has 7 aliphatic heterocycles. The Labute approximate surface area is 794 Å². The highest BCUT2D eigenvalue weighted by atomic mass is 32.2. The molecule has 7 aromatic carbocycles. The van der Waals surface area contributed by atoms with Gasteiger partial charge in [0, 0.05) is 29.1 Å². The van der Waals surface area contributed by atoms with Gasteiger partial charge in [-0.1, -0.05) is 146 Å². The van der Waals surface area contributed by atoms with E-state index in [4.69, 9.17) is 147 Å². The molecule has 38 heteroatoms. The summed E-state index contributed by atoms with van der Waals surface area (Å²) in [6.07, 6.45) is 10.8. The van der Waals surface area contributed by atoms with Gasteiger partial charge in [-0.15, -0.1) is 11.8 Å². The van der Waals surface area contributed by atoms with Gasteiger partial charge >= 0.3 is 41.8 Å². The van der Waals surface area contributed by atoms with Gasteiger partial charge < -0.3 is 147 Å². The first kappa shape index (κ1) is 111. The smallest absolute Gasteiger partial charge is 0.320 e. The number of hydrogen-bond acceptors (Lipinski definition) is 31. The first-order valence-electron chi connectivity index (χ1n) is 45.3. The molecule has 7 heterocycles. The largest absolute Gasteiger partial charge is 0.488 e. The van der Waals surface area contributed by atoms with Crippen LogP contribution < -0.4 is 44.9 Å². The maximum Gasteiger partial charge on any atom is 0.320 e. The minimum atomic E-state index is -1.04. The number of carbonyl (C=O) groups is 8. The fourth-order valence-electron chi connectivity index (χ4n) is 14.0. The number of carboxylic acid groups (broad SMARTS) is 7. The second-order valence-electron chi connectivity index (χ2n) is 32.6. The van der Waals surface area contributed by atoms with E-state index in [-0.39, 0.29) is 56.4 Å². The van der Waals surface area contributed by atoms with Crippen molar-refractivity contribution in [1.82, 2.24) is 0 Å². The predicted molar refractivity (Wildman–Crippen MR) is 498 cm³/mol. The van der Waals surface area contributed by atoms with Crippen LogP contribution in [0.1, 0.15) is 117 Å². The molecule has 0 aromatic heterocycles. The van der Waals surface area contributed by atoms with Gasteiger partial charge in [-0.25, -0.2) is 0 Å². The van der Waals surface area contributed by atoms with Gasteiger partial charge in [0.1, 0.15) is 54.6 Å². The molecule has 0 saturated carbocycles. The first-order chi connectivity index (χ1) is 65.4. The van der Waals surface area contributed by atoms with Crippen molar-refractivity contribution in [2.45, 2.75) is 207 Å². The molecule has 7 aliphatic rings. The van der Waals surface area contributed by atoms with Crippen LogP contribution in [0, 0.1) is 0 Å². The van der Waals surface area contributed by atoms with Gasteiger partial charge in [0.2, 0.25) is 0 Å². The van der Waals surface area contributed by atoms with Crippen LogP contribution in [-0.4, -0.2) is 274 Å². The van der Waals surface area contributed by atoms with Crippen LogP contribution in [-0.2, 0) is 171 Å². The Morgan fingerprint density at radius 1 is 0.272 bits per heavy atom. The molecular weight excluding hydrogens is 1790 g/mol. The molecule has 744 valence electrons. The van der Waals surface area contributed by atoms with E-state index in [0.29, 0.717) is 155 Å². The number of nitrogens with two attached hydrogens (primary N) is 7. The number of ether oxygens (including phenoxy) is 15. The number of aliphatic carboxylic acids is 7. The molecular formula is C98H131N7O30S. The van der Waals surface area contributed by atoms with E-state index in [2.05, 4.69) is 0 Å². The average molecular weight is 1920 g/mol. The number of carbonyl (C=O) groups excluding carboxylic acids is 1. The Balaban J connectivity index is 0.000000195. The van der Waals surface area contributed by atoms with Crippen molar-refractivity contribution in [3.63, 3.8) is 0 Å². The molecule has 136 heavy (non-hydrogen) atoms. The summed E-state index contributed by atoms with van der Waals surface area (Å²) in [5.41, 5.74) is 50.1. The lowest BCUT2D eigenvalue weighted by Gasteiger charge is -2.12. The number of Topliss-reactive ketones (excluding diaryl/α,β-unsaturated/α-hetero) is 1. The lowest BCUT2D eigenvalue weighted by molar-refractivity contribution is -0.139. The molecule has 0 spiro atoms. The van der Waals surface area contributed by atoms with E-state index in [9.17, 15) is 38.4 Å². The van der Waals surface area contributed by atoms with Gasteiger partial charge in [0.15, 0.2) is 49.8 Å².